The van der Waals surface area contributed by atoms with Crippen LogP contribution in [0.2, 0.25) is 0 Å². The van der Waals surface area contributed by atoms with Crippen LogP contribution in [0.5, 0.6) is 0 Å². The fourth-order valence-electron chi connectivity index (χ4n) is 1.98. The third-order valence-corrected chi connectivity index (χ3v) is 3.15. The summed E-state index contributed by atoms with van der Waals surface area (Å²) in [7, 11) is 1.33. The first-order chi connectivity index (χ1) is 10.3. The molecular formula is C13H23N3O6. The minimum Gasteiger partial charge on any atom is -0.464 e. The minimum absolute atomic E-state index is 0.0882. The summed E-state index contributed by atoms with van der Waals surface area (Å²) >= 11 is 0. The molecule has 0 bridgehead atoms. The molecular weight excluding hydrogens is 294 g/mol. The van der Waals surface area contributed by atoms with Crippen LogP contribution in [-0.2, 0) is 20.7 Å². The molecule has 0 saturated heterocycles. The third-order valence-electron chi connectivity index (χ3n) is 3.15. The van der Waals surface area contributed by atoms with Crippen molar-refractivity contribution >= 4 is 5.97 Å². The van der Waals surface area contributed by atoms with Gasteiger partial charge in [-0.25, -0.2) is 4.79 Å². The molecule has 0 radical (unpaired) electrons. The van der Waals surface area contributed by atoms with E-state index in [4.69, 9.17) is 19.6 Å². The molecule has 0 aliphatic rings. The maximum atomic E-state index is 11.9. The molecule has 0 saturated carbocycles. The van der Waals surface area contributed by atoms with Gasteiger partial charge in [0.15, 0.2) is 5.54 Å². The molecule has 0 fully saturated rings. The molecule has 1 aromatic heterocycles. The highest BCUT2D eigenvalue weighted by atomic mass is 16.5. The van der Waals surface area contributed by atoms with Crippen LogP contribution >= 0.6 is 0 Å². The van der Waals surface area contributed by atoms with Gasteiger partial charge < -0.3 is 29.8 Å². The zero-order valence-electron chi connectivity index (χ0n) is 13.0. The largest absolute Gasteiger partial charge is 0.464 e. The molecule has 9 heteroatoms. The van der Waals surface area contributed by atoms with Gasteiger partial charge in [-0.05, 0) is 13.3 Å². The molecule has 1 rings (SSSR count). The number of nitrogens with two attached hydrogens (primary N) is 1. The molecule has 1 heterocycles. The highest BCUT2D eigenvalue weighted by molar-refractivity contribution is 5.81. The predicted molar refractivity (Wildman–Crippen MR) is 74.8 cm³/mol. The summed E-state index contributed by atoms with van der Waals surface area (Å²) in [6.07, 6.45) is -2.51. The Hall–Kier alpha value is -1.55. The van der Waals surface area contributed by atoms with Crippen molar-refractivity contribution in [1.29, 1.82) is 0 Å². The molecule has 1 aromatic rings. The summed E-state index contributed by atoms with van der Waals surface area (Å²) in [4.78, 5) is 11.9. The van der Waals surface area contributed by atoms with Crippen molar-refractivity contribution in [3.63, 3.8) is 0 Å². The maximum Gasteiger partial charge on any atom is 0.331 e. The molecule has 0 aliphatic heterocycles. The van der Waals surface area contributed by atoms with E-state index in [-0.39, 0.29) is 26.1 Å². The van der Waals surface area contributed by atoms with Crippen molar-refractivity contribution in [3.8, 4) is 0 Å². The number of aliphatic hydroxyl groups excluding tert-OH is 2. The van der Waals surface area contributed by atoms with E-state index < -0.39 is 23.7 Å². The van der Waals surface area contributed by atoms with E-state index >= 15 is 0 Å². The smallest absolute Gasteiger partial charge is 0.331 e. The van der Waals surface area contributed by atoms with E-state index in [1.54, 1.807) is 13.8 Å². The van der Waals surface area contributed by atoms with Crippen LogP contribution < -0.4 is 5.73 Å². The predicted octanol–water partition coefficient (Wildman–Crippen LogP) is -1.06. The van der Waals surface area contributed by atoms with E-state index in [1.807, 2.05) is 0 Å². The van der Waals surface area contributed by atoms with Crippen molar-refractivity contribution in [1.82, 2.24) is 10.2 Å². The van der Waals surface area contributed by atoms with Crippen LogP contribution in [0.15, 0.2) is 4.42 Å². The van der Waals surface area contributed by atoms with Crippen molar-refractivity contribution in [2.75, 3.05) is 20.3 Å². The molecule has 0 amide bonds. The number of rotatable bonds is 9. The number of methoxy groups -OCH3 is 1. The Bertz CT molecular complexity index is 480. The quantitative estimate of drug-likeness (QED) is 0.486. The van der Waals surface area contributed by atoms with Crippen LogP contribution in [-0.4, -0.2) is 64.5 Å². The molecule has 0 aliphatic carbocycles. The number of aryl methyl sites for hydroxylation is 2. The van der Waals surface area contributed by atoms with Gasteiger partial charge in [0.1, 0.15) is 6.10 Å². The average molecular weight is 317 g/mol. The summed E-state index contributed by atoms with van der Waals surface area (Å²) < 4.78 is 14.9. The van der Waals surface area contributed by atoms with Crippen molar-refractivity contribution in [2.24, 2.45) is 5.73 Å². The first-order valence-corrected chi connectivity index (χ1v) is 6.95. The summed E-state index contributed by atoms with van der Waals surface area (Å²) in [6, 6.07) is 0. The molecule has 0 aromatic carbocycles. The van der Waals surface area contributed by atoms with Crippen LogP contribution in [0.4, 0.5) is 0 Å². The highest BCUT2D eigenvalue weighted by Gasteiger charge is 2.46. The van der Waals surface area contributed by atoms with E-state index in [2.05, 4.69) is 10.2 Å². The zero-order valence-corrected chi connectivity index (χ0v) is 13.0. The van der Waals surface area contributed by atoms with Crippen LogP contribution in [0, 0.1) is 6.92 Å². The Morgan fingerprint density at radius 2 is 2.14 bits per heavy atom. The molecule has 4 N–H and O–H groups in total. The van der Waals surface area contributed by atoms with Gasteiger partial charge >= 0.3 is 5.97 Å². The number of carbonyl (C=O) groups excluding carboxylic acids is 1. The second-order valence-electron chi connectivity index (χ2n) is 4.96. The normalized spacial score (nSPS) is 16.8. The second-order valence-corrected chi connectivity index (χ2v) is 4.96. The fourth-order valence-corrected chi connectivity index (χ4v) is 1.98. The Labute approximate surface area is 128 Å². The Kier molecular flexibility index (Phi) is 6.88. The SMILES string of the molecule is CCOC(=O)C(N)(COC)C(O)C(O)CCc1nnc(C)o1. The van der Waals surface area contributed by atoms with Gasteiger partial charge in [0.05, 0.1) is 19.3 Å². The summed E-state index contributed by atoms with van der Waals surface area (Å²) in [6.45, 7) is 3.08. The Morgan fingerprint density at radius 1 is 1.45 bits per heavy atom. The monoisotopic (exact) mass is 317 g/mol. The topological polar surface area (TPSA) is 141 Å². The number of aliphatic hydroxyl groups is 2. The minimum atomic E-state index is -1.85. The van der Waals surface area contributed by atoms with E-state index in [9.17, 15) is 15.0 Å². The van der Waals surface area contributed by atoms with Gasteiger partial charge in [0.2, 0.25) is 11.8 Å². The number of hydrogen-bond donors (Lipinski definition) is 3. The van der Waals surface area contributed by atoms with Gasteiger partial charge in [-0.1, -0.05) is 0 Å². The van der Waals surface area contributed by atoms with Crippen molar-refractivity contribution in [2.45, 2.75) is 44.4 Å². The van der Waals surface area contributed by atoms with Crippen LogP contribution in [0.25, 0.3) is 0 Å². The molecule has 3 atom stereocenters. The fraction of sp³-hybridized carbons (Fsp3) is 0.769. The van der Waals surface area contributed by atoms with E-state index in [1.165, 1.54) is 7.11 Å². The Morgan fingerprint density at radius 3 is 2.64 bits per heavy atom. The zero-order chi connectivity index (χ0) is 16.8. The number of aromatic nitrogens is 2. The van der Waals surface area contributed by atoms with Gasteiger partial charge in [0, 0.05) is 20.5 Å². The molecule has 3 unspecified atom stereocenters. The standard InChI is InChI=1S/C13H23N3O6/c1-4-21-12(19)13(14,7-20-3)11(18)9(17)5-6-10-16-15-8(2)22-10/h9,11,17-18H,4-7,14H2,1-3H3. The Balaban J connectivity index is 2.70. The van der Waals surface area contributed by atoms with Gasteiger partial charge in [-0.3, -0.25) is 0 Å². The molecule has 126 valence electrons. The lowest BCUT2D eigenvalue weighted by molar-refractivity contribution is -0.162. The number of hydrogen-bond acceptors (Lipinski definition) is 9. The second kappa shape index (κ2) is 8.18. The van der Waals surface area contributed by atoms with Crippen molar-refractivity contribution in [3.05, 3.63) is 11.8 Å². The number of esters is 1. The van der Waals surface area contributed by atoms with E-state index in [0.29, 0.717) is 11.8 Å². The molecule has 22 heavy (non-hydrogen) atoms. The van der Waals surface area contributed by atoms with Gasteiger partial charge in [-0.15, -0.1) is 10.2 Å². The first-order valence-electron chi connectivity index (χ1n) is 6.95. The van der Waals surface area contributed by atoms with Gasteiger partial charge in [-0.2, -0.15) is 0 Å². The molecule has 9 nitrogen and oxygen atoms in total. The molecule has 0 spiro atoms. The third kappa shape index (κ3) is 4.47. The van der Waals surface area contributed by atoms with E-state index in [0.717, 1.165) is 0 Å². The lowest BCUT2D eigenvalue weighted by Crippen LogP contribution is -2.64. The summed E-state index contributed by atoms with van der Waals surface area (Å²) in [5.41, 5.74) is 4.04. The number of ether oxygens (including phenoxy) is 2. The number of carbonyl (C=O) groups is 1. The number of nitrogens with zero attached hydrogens (tertiary/aromatic N) is 2. The van der Waals surface area contributed by atoms with Gasteiger partial charge in [0.25, 0.3) is 0 Å². The average Bonchev–Trinajstić information content (AvgIpc) is 2.90. The van der Waals surface area contributed by atoms with Crippen LogP contribution in [0.1, 0.15) is 25.1 Å². The lowest BCUT2D eigenvalue weighted by atomic mass is 9.88. The summed E-state index contributed by atoms with van der Waals surface area (Å²) in [5, 5.41) is 27.8. The van der Waals surface area contributed by atoms with Crippen LogP contribution in [0.3, 0.4) is 0 Å². The lowest BCUT2D eigenvalue weighted by Gasteiger charge is -2.33. The first kappa shape index (κ1) is 18.5. The summed E-state index contributed by atoms with van der Waals surface area (Å²) in [5.74, 6) is -0.101. The highest BCUT2D eigenvalue weighted by Crippen LogP contribution is 2.18. The maximum absolute atomic E-state index is 11.9. The van der Waals surface area contributed by atoms with Crippen molar-refractivity contribution < 1.29 is 28.9 Å².